The van der Waals surface area contributed by atoms with Gasteiger partial charge in [0.1, 0.15) is 23.6 Å². The molecule has 3 aromatic rings. The van der Waals surface area contributed by atoms with E-state index in [2.05, 4.69) is 14.7 Å². The maximum Gasteiger partial charge on any atom is 0.337 e. The van der Waals surface area contributed by atoms with E-state index in [0.717, 1.165) is 0 Å². The third kappa shape index (κ3) is 4.35. The average molecular weight is 423 g/mol. The third-order valence-corrected chi connectivity index (χ3v) is 5.09. The Morgan fingerprint density at radius 3 is 2.35 bits per heavy atom. The van der Waals surface area contributed by atoms with Gasteiger partial charge in [-0.15, -0.1) is 0 Å². The fraction of sp³-hybridized carbons (Fsp3) is 0.227. The molecule has 0 aliphatic carbocycles. The minimum absolute atomic E-state index is 0.229. The number of halogens is 1. The molecule has 4 rings (SSSR count). The van der Waals surface area contributed by atoms with Gasteiger partial charge in [0.2, 0.25) is 5.88 Å². The number of nitrogen functional groups attached to an aromatic ring is 1. The number of para-hydroxylation sites is 1. The van der Waals surface area contributed by atoms with Crippen LogP contribution in [0.25, 0.3) is 0 Å². The molecular weight excluding hydrogens is 401 g/mol. The van der Waals surface area contributed by atoms with Crippen molar-refractivity contribution in [3.05, 3.63) is 66.2 Å². The van der Waals surface area contributed by atoms with Crippen LogP contribution in [0, 0.1) is 5.82 Å². The lowest BCUT2D eigenvalue weighted by atomic mass is 10.2. The van der Waals surface area contributed by atoms with Crippen LogP contribution in [-0.4, -0.2) is 49.2 Å². The Morgan fingerprint density at radius 1 is 1.00 bits per heavy atom. The Hall–Kier alpha value is -3.88. The normalized spacial score (nSPS) is 13.7. The summed E-state index contributed by atoms with van der Waals surface area (Å²) >= 11 is 0. The number of hydrogen-bond donors (Lipinski definition) is 1. The van der Waals surface area contributed by atoms with Gasteiger partial charge in [0.25, 0.3) is 0 Å². The second-order valence-electron chi connectivity index (χ2n) is 6.96. The fourth-order valence-corrected chi connectivity index (χ4v) is 3.46. The Bertz CT molecular complexity index is 1070. The SMILES string of the molecule is COC(=O)c1ccc(Oc2ncnc(N3CCN(c4ccccc4F)CC3)c2N)cc1. The predicted molar refractivity (Wildman–Crippen MR) is 115 cm³/mol. The number of esters is 1. The van der Waals surface area contributed by atoms with E-state index in [9.17, 15) is 9.18 Å². The van der Waals surface area contributed by atoms with Crippen molar-refractivity contribution in [1.82, 2.24) is 9.97 Å². The maximum atomic E-state index is 14.1. The van der Waals surface area contributed by atoms with Gasteiger partial charge in [-0.05, 0) is 36.4 Å². The molecule has 160 valence electrons. The summed E-state index contributed by atoms with van der Waals surface area (Å²) in [6, 6.07) is 13.2. The second-order valence-corrected chi connectivity index (χ2v) is 6.96. The minimum Gasteiger partial charge on any atom is -0.465 e. The van der Waals surface area contributed by atoms with Crippen LogP contribution in [0.15, 0.2) is 54.9 Å². The monoisotopic (exact) mass is 423 g/mol. The minimum atomic E-state index is -0.426. The van der Waals surface area contributed by atoms with Gasteiger partial charge in [0, 0.05) is 26.2 Å². The standard InChI is InChI=1S/C22H22FN5O3/c1-30-22(29)15-6-8-16(9-7-15)31-21-19(24)20(25-14-26-21)28-12-10-27(11-13-28)18-5-3-2-4-17(18)23/h2-9,14H,10-13,24H2,1H3. The van der Waals surface area contributed by atoms with Crippen molar-refractivity contribution in [1.29, 1.82) is 0 Å². The number of aromatic nitrogens is 2. The van der Waals surface area contributed by atoms with Crippen molar-refractivity contribution in [3.63, 3.8) is 0 Å². The van der Waals surface area contributed by atoms with Crippen LogP contribution >= 0.6 is 0 Å². The Balaban J connectivity index is 1.46. The van der Waals surface area contributed by atoms with Gasteiger partial charge in [-0.3, -0.25) is 0 Å². The molecule has 0 saturated carbocycles. The molecular formula is C22H22FN5O3. The zero-order valence-corrected chi connectivity index (χ0v) is 17.0. The van der Waals surface area contributed by atoms with Crippen LogP contribution in [0.4, 0.5) is 21.6 Å². The van der Waals surface area contributed by atoms with Crippen LogP contribution in [0.2, 0.25) is 0 Å². The molecule has 0 radical (unpaired) electrons. The Labute approximate surface area is 179 Å². The van der Waals surface area contributed by atoms with Crippen molar-refractivity contribution in [3.8, 4) is 11.6 Å². The lowest BCUT2D eigenvalue weighted by Gasteiger charge is -2.37. The highest BCUT2D eigenvalue weighted by Gasteiger charge is 2.23. The summed E-state index contributed by atoms with van der Waals surface area (Å²) < 4.78 is 24.6. The molecule has 2 heterocycles. The van der Waals surface area contributed by atoms with E-state index >= 15 is 0 Å². The molecule has 1 aromatic heterocycles. The summed E-state index contributed by atoms with van der Waals surface area (Å²) in [5.74, 6) is 0.626. The number of nitrogens with two attached hydrogens (primary N) is 1. The predicted octanol–water partition coefficient (Wildman–Crippen LogP) is 3.10. The highest BCUT2D eigenvalue weighted by atomic mass is 19.1. The molecule has 31 heavy (non-hydrogen) atoms. The number of methoxy groups -OCH3 is 1. The van der Waals surface area contributed by atoms with Gasteiger partial charge in [0.15, 0.2) is 5.82 Å². The zero-order valence-electron chi connectivity index (χ0n) is 17.0. The van der Waals surface area contributed by atoms with Crippen molar-refractivity contribution >= 4 is 23.2 Å². The lowest BCUT2D eigenvalue weighted by Crippen LogP contribution is -2.47. The van der Waals surface area contributed by atoms with Gasteiger partial charge in [-0.25, -0.2) is 14.2 Å². The van der Waals surface area contributed by atoms with Gasteiger partial charge >= 0.3 is 5.97 Å². The molecule has 0 bridgehead atoms. The van der Waals surface area contributed by atoms with E-state index in [-0.39, 0.29) is 11.7 Å². The van der Waals surface area contributed by atoms with E-state index in [4.69, 9.17) is 10.5 Å². The van der Waals surface area contributed by atoms with Crippen molar-refractivity contribution in [2.75, 3.05) is 48.8 Å². The van der Waals surface area contributed by atoms with Crippen molar-refractivity contribution < 1.29 is 18.7 Å². The van der Waals surface area contributed by atoms with E-state index in [1.165, 1.54) is 19.5 Å². The molecule has 1 aliphatic rings. The van der Waals surface area contributed by atoms with Gasteiger partial charge < -0.3 is 25.0 Å². The van der Waals surface area contributed by atoms with Gasteiger partial charge in [-0.2, -0.15) is 4.98 Å². The largest absolute Gasteiger partial charge is 0.465 e. The molecule has 0 unspecified atom stereocenters. The fourth-order valence-electron chi connectivity index (χ4n) is 3.46. The lowest BCUT2D eigenvalue weighted by molar-refractivity contribution is 0.0600. The van der Waals surface area contributed by atoms with Crippen LogP contribution in [0.1, 0.15) is 10.4 Å². The number of hydrogen-bond acceptors (Lipinski definition) is 8. The summed E-state index contributed by atoms with van der Waals surface area (Å²) in [5.41, 5.74) is 7.62. The molecule has 0 amide bonds. The number of rotatable bonds is 5. The van der Waals surface area contributed by atoms with Crippen molar-refractivity contribution in [2.24, 2.45) is 0 Å². The molecule has 2 aromatic carbocycles. The number of nitrogens with zero attached hydrogens (tertiary/aromatic N) is 4. The van der Waals surface area contributed by atoms with Crippen LogP contribution in [-0.2, 0) is 4.74 Å². The van der Waals surface area contributed by atoms with E-state index < -0.39 is 5.97 Å². The zero-order chi connectivity index (χ0) is 21.8. The maximum absolute atomic E-state index is 14.1. The van der Waals surface area contributed by atoms with Crippen LogP contribution in [0.5, 0.6) is 11.6 Å². The molecule has 2 N–H and O–H groups in total. The summed E-state index contributed by atoms with van der Waals surface area (Å²) in [5, 5.41) is 0. The number of carbonyl (C=O) groups is 1. The molecule has 8 nitrogen and oxygen atoms in total. The first-order valence-electron chi connectivity index (χ1n) is 9.78. The Morgan fingerprint density at radius 2 is 1.68 bits per heavy atom. The molecule has 1 aliphatic heterocycles. The molecule has 9 heteroatoms. The van der Waals surface area contributed by atoms with E-state index in [0.29, 0.717) is 54.7 Å². The van der Waals surface area contributed by atoms with Crippen molar-refractivity contribution in [2.45, 2.75) is 0 Å². The number of benzene rings is 2. The van der Waals surface area contributed by atoms with E-state index in [1.807, 2.05) is 15.9 Å². The molecule has 0 atom stereocenters. The first-order chi connectivity index (χ1) is 15.1. The quantitative estimate of drug-likeness (QED) is 0.626. The molecule has 1 saturated heterocycles. The molecule has 0 spiro atoms. The summed E-state index contributed by atoms with van der Waals surface area (Å²) in [7, 11) is 1.33. The highest BCUT2D eigenvalue weighted by Crippen LogP contribution is 2.32. The molecule has 1 fully saturated rings. The summed E-state index contributed by atoms with van der Waals surface area (Å²) in [6.45, 7) is 2.52. The number of carbonyl (C=O) groups excluding carboxylic acids is 1. The summed E-state index contributed by atoms with van der Waals surface area (Å²) in [6.07, 6.45) is 1.40. The first kappa shape index (κ1) is 20.4. The topological polar surface area (TPSA) is 93.8 Å². The van der Waals surface area contributed by atoms with Gasteiger partial charge in [0.05, 0.1) is 18.4 Å². The first-order valence-corrected chi connectivity index (χ1v) is 9.78. The summed E-state index contributed by atoms with van der Waals surface area (Å²) in [4.78, 5) is 24.1. The van der Waals surface area contributed by atoms with Gasteiger partial charge in [-0.1, -0.05) is 12.1 Å². The average Bonchev–Trinajstić information content (AvgIpc) is 2.81. The number of anilines is 3. The highest BCUT2D eigenvalue weighted by molar-refractivity contribution is 5.89. The van der Waals surface area contributed by atoms with Crippen LogP contribution < -0.4 is 20.3 Å². The second kappa shape index (κ2) is 8.86. The number of piperazine rings is 1. The van der Waals surface area contributed by atoms with E-state index in [1.54, 1.807) is 36.4 Å². The Kier molecular flexibility index (Phi) is 5.83. The smallest absolute Gasteiger partial charge is 0.337 e. The van der Waals surface area contributed by atoms with Crippen LogP contribution in [0.3, 0.4) is 0 Å². The third-order valence-electron chi connectivity index (χ3n) is 5.09. The number of ether oxygens (including phenoxy) is 2.